The van der Waals surface area contributed by atoms with E-state index in [-0.39, 0.29) is 30.4 Å². The third-order valence-corrected chi connectivity index (χ3v) is 7.99. The summed E-state index contributed by atoms with van der Waals surface area (Å²) in [6, 6.07) is 20.3. The van der Waals surface area contributed by atoms with Crippen molar-refractivity contribution in [3.63, 3.8) is 0 Å². The summed E-state index contributed by atoms with van der Waals surface area (Å²) in [7, 11) is 1.53. The highest BCUT2D eigenvalue weighted by atomic mass is 19.1. The van der Waals surface area contributed by atoms with Crippen LogP contribution in [0.25, 0.3) is 33.4 Å². The molecule has 9 nitrogen and oxygen atoms in total. The smallest absolute Gasteiger partial charge is 0.255 e. The Kier molecular flexibility index (Phi) is 7.80. The number of nitrogens with one attached hydrogen (secondary N) is 2. The summed E-state index contributed by atoms with van der Waals surface area (Å²) >= 11 is 0. The first kappa shape index (κ1) is 29.6. The number of nitrogens with two attached hydrogens (primary N) is 1. The fourth-order valence-electron chi connectivity index (χ4n) is 5.47. The molecular formula is C35H31FN4O5. The molecule has 5 aromatic rings. The number of carbonyl (C=O) groups excluding carboxylic acids is 3. The molecule has 3 aromatic carbocycles. The topological polar surface area (TPSA) is 137 Å². The molecule has 2 heterocycles. The molecule has 228 valence electrons. The monoisotopic (exact) mass is 606 g/mol. The van der Waals surface area contributed by atoms with E-state index in [9.17, 15) is 18.8 Å². The van der Waals surface area contributed by atoms with E-state index in [1.54, 1.807) is 36.5 Å². The lowest BCUT2D eigenvalue weighted by molar-refractivity contribution is -0.118. The van der Waals surface area contributed by atoms with Gasteiger partial charge in [-0.05, 0) is 97.1 Å². The molecule has 0 unspecified atom stereocenters. The van der Waals surface area contributed by atoms with E-state index in [0.717, 1.165) is 35.2 Å². The van der Waals surface area contributed by atoms with Crippen molar-refractivity contribution in [3.8, 4) is 28.2 Å². The minimum atomic E-state index is -0.567. The van der Waals surface area contributed by atoms with Crippen LogP contribution in [0.1, 0.15) is 51.2 Å². The van der Waals surface area contributed by atoms with E-state index in [1.807, 2.05) is 37.3 Å². The zero-order chi connectivity index (χ0) is 31.7. The van der Waals surface area contributed by atoms with Gasteiger partial charge in [0.1, 0.15) is 22.9 Å². The minimum Gasteiger partial charge on any atom is -0.492 e. The number of aryl methyl sites for hydroxylation is 1. The summed E-state index contributed by atoms with van der Waals surface area (Å²) in [6.07, 6.45) is 3.20. The molecule has 0 aliphatic heterocycles. The zero-order valence-corrected chi connectivity index (χ0v) is 24.8. The van der Waals surface area contributed by atoms with E-state index in [2.05, 4.69) is 15.6 Å². The maximum Gasteiger partial charge on any atom is 0.255 e. The number of hydrogen-bond acceptors (Lipinski definition) is 6. The maximum atomic E-state index is 13.9. The molecule has 10 heteroatoms. The fourth-order valence-corrected chi connectivity index (χ4v) is 5.47. The molecule has 4 N–H and O–H groups in total. The van der Waals surface area contributed by atoms with Gasteiger partial charge in [-0.2, -0.15) is 0 Å². The van der Waals surface area contributed by atoms with Gasteiger partial charge in [0.15, 0.2) is 0 Å². The summed E-state index contributed by atoms with van der Waals surface area (Å²) in [5.41, 5.74) is 9.44. The van der Waals surface area contributed by atoms with Gasteiger partial charge in [-0.3, -0.25) is 19.4 Å². The standard InChI is InChI=1S/C35H31FN4O5/c1-20-17-28(44-16-12-30(37)41)26(33(42)40-35(13-14-35)29-5-3-4-15-39-29)19-24(20)22-8-11-27-25(18-22)31(34(43)38-2)32(45-27)21-6-9-23(36)10-7-21/h3-11,15,17-19H,12-14,16H2,1-2H3,(H2,37,41)(H,38,43)(H,40,42). The van der Waals surface area contributed by atoms with Crippen molar-refractivity contribution in [1.29, 1.82) is 0 Å². The number of pyridine rings is 1. The van der Waals surface area contributed by atoms with Gasteiger partial charge in [-0.25, -0.2) is 4.39 Å². The highest BCUT2D eigenvalue weighted by Gasteiger charge is 2.47. The molecule has 0 spiro atoms. The highest BCUT2D eigenvalue weighted by molar-refractivity contribution is 6.12. The normalized spacial score (nSPS) is 13.3. The average molecular weight is 607 g/mol. The van der Waals surface area contributed by atoms with Crippen molar-refractivity contribution in [2.24, 2.45) is 5.73 Å². The van der Waals surface area contributed by atoms with Crippen LogP contribution in [-0.4, -0.2) is 36.4 Å². The Morgan fingerprint density at radius 2 is 1.76 bits per heavy atom. The number of rotatable bonds is 10. The van der Waals surface area contributed by atoms with Gasteiger partial charge in [0.05, 0.1) is 35.4 Å². The minimum absolute atomic E-state index is 0.00442. The van der Waals surface area contributed by atoms with Gasteiger partial charge in [-0.15, -0.1) is 0 Å². The number of hydrogen-bond donors (Lipinski definition) is 3. The summed E-state index contributed by atoms with van der Waals surface area (Å²) in [5.74, 6) is -0.973. The van der Waals surface area contributed by atoms with Crippen LogP contribution in [0.2, 0.25) is 0 Å². The molecule has 0 saturated heterocycles. The van der Waals surface area contributed by atoms with Gasteiger partial charge in [0.25, 0.3) is 11.8 Å². The van der Waals surface area contributed by atoms with E-state index in [1.165, 1.54) is 19.2 Å². The van der Waals surface area contributed by atoms with Crippen LogP contribution in [0.5, 0.6) is 5.75 Å². The Labute approximate surface area is 258 Å². The zero-order valence-electron chi connectivity index (χ0n) is 24.8. The van der Waals surface area contributed by atoms with Crippen LogP contribution >= 0.6 is 0 Å². The van der Waals surface area contributed by atoms with Crippen LogP contribution in [0.3, 0.4) is 0 Å². The number of fused-ring (bicyclic) bond motifs is 1. The molecule has 0 radical (unpaired) electrons. The molecule has 0 atom stereocenters. The Balaban J connectivity index is 1.43. The number of primary amides is 1. The number of furan rings is 1. The first-order chi connectivity index (χ1) is 21.7. The molecule has 6 rings (SSSR count). The van der Waals surface area contributed by atoms with Crippen molar-refractivity contribution in [1.82, 2.24) is 15.6 Å². The SMILES string of the molecule is CNC(=O)c1c(-c2ccc(F)cc2)oc2ccc(-c3cc(C(=O)NC4(c5ccccn5)CC4)c(OCCC(N)=O)cc3C)cc12. The second-order valence-corrected chi connectivity index (χ2v) is 11.1. The lowest BCUT2D eigenvalue weighted by Crippen LogP contribution is -2.35. The second-order valence-electron chi connectivity index (χ2n) is 11.1. The number of halogens is 1. The summed E-state index contributed by atoms with van der Waals surface area (Å²) in [6.45, 7) is 1.90. The number of benzene rings is 3. The van der Waals surface area contributed by atoms with Crippen LogP contribution in [-0.2, 0) is 10.3 Å². The van der Waals surface area contributed by atoms with E-state index in [0.29, 0.717) is 33.6 Å². The van der Waals surface area contributed by atoms with Crippen LogP contribution < -0.4 is 21.1 Å². The van der Waals surface area contributed by atoms with Crippen LogP contribution in [0.4, 0.5) is 4.39 Å². The molecule has 1 saturated carbocycles. The largest absolute Gasteiger partial charge is 0.492 e. The number of nitrogens with zero attached hydrogens (tertiary/aromatic N) is 1. The third kappa shape index (κ3) is 5.86. The fraction of sp³-hybridized carbons (Fsp3) is 0.200. The molecule has 1 aliphatic rings. The predicted octanol–water partition coefficient (Wildman–Crippen LogP) is 5.64. The van der Waals surface area contributed by atoms with Gasteiger partial charge in [0.2, 0.25) is 5.91 Å². The van der Waals surface area contributed by atoms with Crippen molar-refractivity contribution in [2.45, 2.75) is 31.7 Å². The van der Waals surface area contributed by atoms with Gasteiger partial charge >= 0.3 is 0 Å². The highest BCUT2D eigenvalue weighted by Crippen LogP contribution is 2.45. The summed E-state index contributed by atoms with van der Waals surface area (Å²) in [4.78, 5) is 42.8. The number of ether oxygens (including phenoxy) is 1. The number of carbonyl (C=O) groups is 3. The summed E-state index contributed by atoms with van der Waals surface area (Å²) in [5, 5.41) is 6.39. The Bertz CT molecular complexity index is 1930. The molecule has 2 aromatic heterocycles. The number of aromatic nitrogens is 1. The lowest BCUT2D eigenvalue weighted by atomic mass is 9.94. The van der Waals surface area contributed by atoms with E-state index < -0.39 is 17.3 Å². The number of amides is 3. The van der Waals surface area contributed by atoms with Crippen molar-refractivity contribution >= 4 is 28.7 Å². The maximum absolute atomic E-state index is 13.9. The second kappa shape index (κ2) is 11.9. The Morgan fingerprint density at radius 1 is 1.00 bits per heavy atom. The predicted molar refractivity (Wildman–Crippen MR) is 167 cm³/mol. The molecule has 3 amide bonds. The van der Waals surface area contributed by atoms with Crippen molar-refractivity contribution in [3.05, 3.63) is 107 Å². The molecular weight excluding hydrogens is 575 g/mol. The van der Waals surface area contributed by atoms with Gasteiger partial charge < -0.3 is 25.5 Å². The van der Waals surface area contributed by atoms with Crippen molar-refractivity contribution < 1.29 is 27.9 Å². The molecule has 0 bridgehead atoms. The Morgan fingerprint density at radius 3 is 2.42 bits per heavy atom. The van der Waals surface area contributed by atoms with Gasteiger partial charge in [0, 0.05) is 24.2 Å². The van der Waals surface area contributed by atoms with Crippen molar-refractivity contribution in [2.75, 3.05) is 13.7 Å². The van der Waals surface area contributed by atoms with Gasteiger partial charge in [-0.1, -0.05) is 12.1 Å². The van der Waals surface area contributed by atoms with Crippen LogP contribution in [0, 0.1) is 12.7 Å². The average Bonchev–Trinajstić information content (AvgIpc) is 3.72. The van der Waals surface area contributed by atoms with E-state index in [4.69, 9.17) is 14.9 Å². The Hall–Kier alpha value is -5.51. The van der Waals surface area contributed by atoms with E-state index >= 15 is 0 Å². The molecule has 1 fully saturated rings. The summed E-state index contributed by atoms with van der Waals surface area (Å²) < 4.78 is 25.7. The first-order valence-corrected chi connectivity index (χ1v) is 14.5. The first-order valence-electron chi connectivity index (χ1n) is 14.5. The third-order valence-electron chi connectivity index (χ3n) is 7.99. The molecule has 1 aliphatic carbocycles. The molecule has 45 heavy (non-hydrogen) atoms. The van der Waals surface area contributed by atoms with Crippen LogP contribution in [0.15, 0.2) is 83.4 Å². The quantitative estimate of drug-likeness (QED) is 0.188. The lowest BCUT2D eigenvalue weighted by Gasteiger charge is -2.20.